The third-order valence-electron chi connectivity index (χ3n) is 3.91. The van der Waals surface area contributed by atoms with Crippen molar-refractivity contribution < 1.29 is 9.53 Å². The molecule has 0 atom stereocenters. The number of amides is 1. The average molecular weight is 414 g/mol. The molecule has 2 aromatic carbocycles. The van der Waals surface area contributed by atoms with Crippen LogP contribution in [-0.4, -0.2) is 28.5 Å². The summed E-state index contributed by atoms with van der Waals surface area (Å²) < 4.78 is 5.44. The minimum atomic E-state index is -0.123. The predicted octanol–water partition coefficient (Wildman–Crippen LogP) is 5.23. The molecule has 0 aliphatic heterocycles. The van der Waals surface area contributed by atoms with Gasteiger partial charge in [-0.15, -0.1) is 10.2 Å². The van der Waals surface area contributed by atoms with Crippen molar-refractivity contribution in [3.8, 4) is 17.0 Å². The Morgan fingerprint density at radius 3 is 2.54 bits per heavy atom. The standard InChI is InChI=1S/C21H20ClN3O2S/c1-3-27-17-8-5-15(6-9-17)19-10-11-21(25-24-19)28-13-20(26)23-16-7-4-14(2)18(22)12-16/h4-12H,3,13H2,1-2H3,(H,23,26). The van der Waals surface area contributed by atoms with E-state index >= 15 is 0 Å². The van der Waals surface area contributed by atoms with E-state index in [1.54, 1.807) is 6.07 Å². The molecule has 0 radical (unpaired) electrons. The molecule has 0 unspecified atom stereocenters. The fourth-order valence-corrected chi connectivity index (χ4v) is 3.24. The van der Waals surface area contributed by atoms with E-state index in [-0.39, 0.29) is 11.7 Å². The van der Waals surface area contributed by atoms with Crippen molar-refractivity contribution in [1.82, 2.24) is 10.2 Å². The Hall–Kier alpha value is -2.57. The van der Waals surface area contributed by atoms with Gasteiger partial charge in [0, 0.05) is 16.3 Å². The third kappa shape index (κ3) is 5.47. The van der Waals surface area contributed by atoms with Crippen molar-refractivity contribution >= 4 is 35.0 Å². The highest BCUT2D eigenvalue weighted by Crippen LogP contribution is 2.23. The van der Waals surface area contributed by atoms with Crippen molar-refractivity contribution in [2.75, 3.05) is 17.7 Å². The summed E-state index contributed by atoms with van der Waals surface area (Å²) in [5, 5.41) is 12.6. The van der Waals surface area contributed by atoms with Crippen LogP contribution in [0.25, 0.3) is 11.3 Å². The first-order valence-electron chi connectivity index (χ1n) is 8.81. The summed E-state index contributed by atoms with van der Waals surface area (Å²) in [6.45, 7) is 4.50. The topological polar surface area (TPSA) is 64.1 Å². The molecule has 0 aliphatic carbocycles. The third-order valence-corrected chi connectivity index (χ3v) is 5.24. The van der Waals surface area contributed by atoms with E-state index in [2.05, 4.69) is 15.5 Å². The van der Waals surface area contributed by atoms with E-state index in [0.29, 0.717) is 22.3 Å². The number of aromatic nitrogens is 2. The van der Waals surface area contributed by atoms with Gasteiger partial charge in [-0.1, -0.05) is 29.4 Å². The molecule has 28 heavy (non-hydrogen) atoms. The number of ether oxygens (including phenoxy) is 1. The summed E-state index contributed by atoms with van der Waals surface area (Å²) in [6, 6.07) is 16.9. The Morgan fingerprint density at radius 1 is 1.11 bits per heavy atom. The van der Waals surface area contributed by atoms with E-state index in [1.807, 2.05) is 62.4 Å². The summed E-state index contributed by atoms with van der Waals surface area (Å²) >= 11 is 7.41. The maximum absolute atomic E-state index is 12.1. The van der Waals surface area contributed by atoms with Crippen molar-refractivity contribution in [1.29, 1.82) is 0 Å². The van der Waals surface area contributed by atoms with Crippen LogP contribution in [0.2, 0.25) is 5.02 Å². The van der Waals surface area contributed by atoms with Gasteiger partial charge in [0.15, 0.2) is 0 Å². The lowest BCUT2D eigenvalue weighted by molar-refractivity contribution is -0.113. The second kappa shape index (κ2) is 9.57. The Bertz CT molecular complexity index is 947. The molecule has 7 heteroatoms. The largest absolute Gasteiger partial charge is 0.494 e. The van der Waals surface area contributed by atoms with Crippen molar-refractivity contribution in [3.05, 3.63) is 65.2 Å². The monoisotopic (exact) mass is 413 g/mol. The molecule has 144 valence electrons. The number of nitrogens with zero attached hydrogens (tertiary/aromatic N) is 2. The highest BCUT2D eigenvalue weighted by Gasteiger charge is 2.07. The number of halogens is 1. The summed E-state index contributed by atoms with van der Waals surface area (Å²) in [4.78, 5) is 12.1. The van der Waals surface area contributed by atoms with E-state index in [0.717, 1.165) is 22.6 Å². The van der Waals surface area contributed by atoms with E-state index in [1.165, 1.54) is 11.8 Å². The Labute approximate surface area is 173 Å². The quantitative estimate of drug-likeness (QED) is 0.537. The minimum Gasteiger partial charge on any atom is -0.494 e. The van der Waals surface area contributed by atoms with Crippen LogP contribution in [0.1, 0.15) is 12.5 Å². The SMILES string of the molecule is CCOc1ccc(-c2ccc(SCC(=O)Nc3ccc(C)c(Cl)c3)nn2)cc1. The maximum atomic E-state index is 12.1. The van der Waals surface area contributed by atoms with Crippen LogP contribution in [0.5, 0.6) is 5.75 Å². The fraction of sp³-hybridized carbons (Fsp3) is 0.190. The van der Waals surface area contributed by atoms with Gasteiger partial charge in [-0.05, 0) is 67.9 Å². The molecular weight excluding hydrogens is 394 g/mol. The average Bonchev–Trinajstić information content (AvgIpc) is 2.70. The normalized spacial score (nSPS) is 10.5. The number of hydrogen-bond acceptors (Lipinski definition) is 5. The zero-order valence-electron chi connectivity index (χ0n) is 15.6. The van der Waals surface area contributed by atoms with Gasteiger partial charge in [0.1, 0.15) is 10.8 Å². The molecule has 1 amide bonds. The molecule has 0 spiro atoms. The lowest BCUT2D eigenvalue weighted by Gasteiger charge is -2.07. The molecule has 1 aromatic heterocycles. The van der Waals surface area contributed by atoms with Gasteiger partial charge in [0.25, 0.3) is 0 Å². The molecule has 0 fully saturated rings. The number of carbonyl (C=O) groups is 1. The number of thioether (sulfide) groups is 1. The maximum Gasteiger partial charge on any atom is 0.234 e. The summed E-state index contributed by atoms with van der Waals surface area (Å²) in [5.74, 6) is 0.942. The second-order valence-corrected chi connectivity index (χ2v) is 7.42. The van der Waals surface area contributed by atoms with Crippen LogP contribution in [0.15, 0.2) is 59.6 Å². The fourth-order valence-electron chi connectivity index (χ4n) is 2.45. The molecular formula is C21H20ClN3O2S. The van der Waals surface area contributed by atoms with Gasteiger partial charge < -0.3 is 10.1 Å². The zero-order chi connectivity index (χ0) is 19.9. The number of nitrogens with one attached hydrogen (secondary N) is 1. The summed E-state index contributed by atoms with van der Waals surface area (Å²) in [5.41, 5.74) is 3.38. The number of rotatable bonds is 7. The summed E-state index contributed by atoms with van der Waals surface area (Å²) in [6.07, 6.45) is 0. The van der Waals surface area contributed by atoms with E-state index in [9.17, 15) is 4.79 Å². The van der Waals surface area contributed by atoms with Crippen LogP contribution in [0, 0.1) is 6.92 Å². The lowest BCUT2D eigenvalue weighted by atomic mass is 10.1. The van der Waals surface area contributed by atoms with E-state index in [4.69, 9.17) is 16.3 Å². The van der Waals surface area contributed by atoms with Gasteiger partial charge >= 0.3 is 0 Å². The Morgan fingerprint density at radius 2 is 1.89 bits per heavy atom. The van der Waals surface area contributed by atoms with Crippen LogP contribution in [-0.2, 0) is 4.79 Å². The molecule has 3 rings (SSSR count). The molecule has 3 aromatic rings. The molecule has 1 N–H and O–H groups in total. The number of benzene rings is 2. The van der Waals surface area contributed by atoms with Crippen LogP contribution < -0.4 is 10.1 Å². The van der Waals surface area contributed by atoms with Gasteiger partial charge in [-0.3, -0.25) is 4.79 Å². The smallest absolute Gasteiger partial charge is 0.234 e. The molecule has 0 saturated heterocycles. The number of anilines is 1. The first-order chi connectivity index (χ1) is 13.5. The van der Waals surface area contributed by atoms with Gasteiger partial charge in [0.05, 0.1) is 18.1 Å². The van der Waals surface area contributed by atoms with Crippen LogP contribution >= 0.6 is 23.4 Å². The molecule has 0 aliphatic rings. The van der Waals surface area contributed by atoms with E-state index < -0.39 is 0 Å². The number of hydrogen-bond donors (Lipinski definition) is 1. The van der Waals surface area contributed by atoms with Crippen molar-refractivity contribution in [2.24, 2.45) is 0 Å². The zero-order valence-corrected chi connectivity index (χ0v) is 17.2. The predicted molar refractivity (Wildman–Crippen MR) is 114 cm³/mol. The molecule has 5 nitrogen and oxygen atoms in total. The highest BCUT2D eigenvalue weighted by molar-refractivity contribution is 7.99. The summed E-state index contributed by atoms with van der Waals surface area (Å²) in [7, 11) is 0. The van der Waals surface area contributed by atoms with Crippen LogP contribution in [0.4, 0.5) is 5.69 Å². The molecule has 0 bridgehead atoms. The first-order valence-corrected chi connectivity index (χ1v) is 10.2. The van der Waals surface area contributed by atoms with Gasteiger partial charge in [-0.2, -0.15) is 0 Å². The first kappa shape index (κ1) is 20.2. The highest BCUT2D eigenvalue weighted by atomic mass is 35.5. The van der Waals surface area contributed by atoms with Gasteiger partial charge in [0.2, 0.25) is 5.91 Å². The Balaban J connectivity index is 1.55. The number of carbonyl (C=O) groups excluding carboxylic acids is 1. The lowest BCUT2D eigenvalue weighted by Crippen LogP contribution is -2.14. The van der Waals surface area contributed by atoms with Crippen molar-refractivity contribution in [2.45, 2.75) is 18.9 Å². The second-order valence-electron chi connectivity index (χ2n) is 6.02. The van der Waals surface area contributed by atoms with Gasteiger partial charge in [-0.25, -0.2) is 0 Å². The minimum absolute atomic E-state index is 0.123. The molecule has 0 saturated carbocycles. The Kier molecular flexibility index (Phi) is 6.90. The van der Waals surface area contributed by atoms with Crippen LogP contribution in [0.3, 0.4) is 0 Å². The molecule has 1 heterocycles. The van der Waals surface area contributed by atoms with Crippen molar-refractivity contribution in [3.63, 3.8) is 0 Å². The number of aryl methyl sites for hydroxylation is 1.